The molecule has 1 rings (SSSR count). The lowest BCUT2D eigenvalue weighted by Crippen LogP contribution is -2.38. The van der Waals surface area contributed by atoms with E-state index in [1.54, 1.807) is 4.90 Å². The first-order chi connectivity index (χ1) is 15.8. The van der Waals surface area contributed by atoms with E-state index in [2.05, 4.69) is 41.5 Å². The summed E-state index contributed by atoms with van der Waals surface area (Å²) in [6, 6.07) is 0. The number of allylic oxidation sites excluding steroid dienone is 6. The maximum Gasteiger partial charge on any atom is 0.209 e. The zero-order valence-electron chi connectivity index (χ0n) is 24.3. The second-order valence-electron chi connectivity index (χ2n) is 8.44. The minimum Gasteiger partial charge on any atom is -0.348 e. The Kier molecular flexibility index (Phi) is 24.1. The van der Waals surface area contributed by atoms with Crippen LogP contribution in [-0.2, 0) is 9.59 Å². The molecule has 0 spiro atoms. The van der Waals surface area contributed by atoms with Gasteiger partial charge in [-0.25, -0.2) is 0 Å². The summed E-state index contributed by atoms with van der Waals surface area (Å²) in [6.45, 7) is 23.9. The molecule has 0 aromatic heterocycles. The predicted molar refractivity (Wildman–Crippen MR) is 149 cm³/mol. The van der Waals surface area contributed by atoms with Gasteiger partial charge in [-0.1, -0.05) is 111 Å². The van der Waals surface area contributed by atoms with Crippen molar-refractivity contribution in [1.29, 1.82) is 0 Å². The summed E-state index contributed by atoms with van der Waals surface area (Å²) in [6.07, 6.45) is 14.9. The molecule has 0 fully saturated rings. The Labute approximate surface area is 207 Å². The number of ketones is 1. The van der Waals surface area contributed by atoms with Crippen LogP contribution in [0.3, 0.4) is 0 Å². The zero-order valence-corrected chi connectivity index (χ0v) is 24.3. The monoisotopic (exact) mass is 463 g/mol. The maximum atomic E-state index is 12.9. The van der Waals surface area contributed by atoms with Crippen LogP contribution in [0.4, 0.5) is 0 Å². The van der Waals surface area contributed by atoms with Crippen LogP contribution in [0.1, 0.15) is 115 Å². The van der Waals surface area contributed by atoms with Gasteiger partial charge in [0.1, 0.15) is 0 Å². The minimum atomic E-state index is -0.0822. The van der Waals surface area contributed by atoms with Crippen LogP contribution in [0.5, 0.6) is 0 Å². The largest absolute Gasteiger partial charge is 0.348 e. The fourth-order valence-corrected chi connectivity index (χ4v) is 4.71. The molecule has 0 aromatic carbocycles. The summed E-state index contributed by atoms with van der Waals surface area (Å²) in [5.41, 5.74) is 2.07. The Balaban J connectivity index is -0.00000115. The van der Waals surface area contributed by atoms with Gasteiger partial charge in [-0.2, -0.15) is 0 Å². The van der Waals surface area contributed by atoms with Crippen LogP contribution < -0.4 is 0 Å². The van der Waals surface area contributed by atoms with Crippen LogP contribution in [0.2, 0.25) is 0 Å². The highest BCUT2D eigenvalue weighted by molar-refractivity contribution is 6.02. The van der Waals surface area contributed by atoms with Gasteiger partial charge in [0.25, 0.3) is 0 Å². The van der Waals surface area contributed by atoms with Crippen LogP contribution in [-0.4, -0.2) is 30.7 Å². The molecule has 3 nitrogen and oxygen atoms in total. The number of hydrogen-bond acceptors (Lipinski definition) is 2. The molecule has 1 aliphatic carbocycles. The van der Waals surface area contributed by atoms with Crippen molar-refractivity contribution in [3.63, 3.8) is 0 Å². The number of nitrogens with zero attached hydrogens (tertiary/aromatic N) is 1. The molecule has 33 heavy (non-hydrogen) atoms. The highest BCUT2D eigenvalue weighted by Crippen LogP contribution is 2.55. The summed E-state index contributed by atoms with van der Waals surface area (Å²) in [4.78, 5) is 25.6. The van der Waals surface area contributed by atoms with E-state index in [1.807, 2.05) is 66.0 Å². The van der Waals surface area contributed by atoms with Crippen LogP contribution in [0, 0.1) is 17.3 Å². The van der Waals surface area contributed by atoms with Crippen LogP contribution in [0.15, 0.2) is 35.5 Å². The van der Waals surface area contributed by atoms with E-state index in [4.69, 9.17) is 0 Å². The molecule has 0 saturated carbocycles. The van der Waals surface area contributed by atoms with Gasteiger partial charge in [0.2, 0.25) is 6.41 Å². The first-order valence-corrected chi connectivity index (χ1v) is 13.5. The molecule has 0 aromatic rings. The maximum absolute atomic E-state index is 12.9. The summed E-state index contributed by atoms with van der Waals surface area (Å²) in [5, 5.41) is 0. The smallest absolute Gasteiger partial charge is 0.209 e. The van der Waals surface area contributed by atoms with E-state index in [9.17, 15) is 9.59 Å². The van der Waals surface area contributed by atoms with Crippen molar-refractivity contribution in [2.45, 2.75) is 115 Å². The highest BCUT2D eigenvalue weighted by atomic mass is 16.1. The first kappa shape index (κ1) is 35.9. The molecular formula is C30H57NO2. The highest BCUT2D eigenvalue weighted by Gasteiger charge is 2.49. The molecular weight excluding hydrogens is 406 g/mol. The third-order valence-electron chi connectivity index (χ3n) is 6.25. The van der Waals surface area contributed by atoms with Crippen molar-refractivity contribution < 1.29 is 9.59 Å². The van der Waals surface area contributed by atoms with E-state index in [-0.39, 0.29) is 11.2 Å². The van der Waals surface area contributed by atoms with Gasteiger partial charge in [0, 0.05) is 31.0 Å². The molecule has 1 aliphatic rings. The van der Waals surface area contributed by atoms with E-state index in [1.165, 1.54) is 12.0 Å². The molecule has 0 bridgehead atoms. The van der Waals surface area contributed by atoms with Gasteiger partial charge in [-0.15, -0.1) is 0 Å². The average molecular weight is 464 g/mol. The van der Waals surface area contributed by atoms with Crippen molar-refractivity contribution in [2.75, 3.05) is 13.6 Å². The van der Waals surface area contributed by atoms with Crippen molar-refractivity contribution in [3.05, 3.63) is 35.5 Å². The lowest BCUT2D eigenvalue weighted by Gasteiger charge is -2.44. The molecule has 0 heterocycles. The number of carbonyl (C=O) groups excluding carboxylic acids is 2. The number of carbonyl (C=O) groups is 2. The number of rotatable bonds is 11. The zero-order chi connectivity index (χ0) is 26.4. The molecule has 3 heteroatoms. The van der Waals surface area contributed by atoms with Gasteiger partial charge in [-0.3, -0.25) is 9.59 Å². The predicted octanol–water partition coefficient (Wildman–Crippen LogP) is 8.80. The van der Waals surface area contributed by atoms with Crippen molar-refractivity contribution in [3.8, 4) is 0 Å². The third kappa shape index (κ3) is 11.4. The van der Waals surface area contributed by atoms with Crippen molar-refractivity contribution >= 4 is 12.2 Å². The van der Waals surface area contributed by atoms with Gasteiger partial charge < -0.3 is 4.90 Å². The normalized spacial score (nSPS) is 19.2. The Morgan fingerprint density at radius 1 is 1.03 bits per heavy atom. The number of Topliss-reactive ketones (excluding diaryl/α,β-unsaturated/α-hetero) is 1. The molecule has 1 amide bonds. The topological polar surface area (TPSA) is 37.4 Å². The average Bonchev–Trinajstić information content (AvgIpc) is 3.09. The summed E-state index contributed by atoms with van der Waals surface area (Å²) in [7, 11) is 1.82. The lowest BCUT2D eigenvalue weighted by atomic mass is 9.60. The molecule has 0 aliphatic heterocycles. The van der Waals surface area contributed by atoms with Crippen LogP contribution in [0.25, 0.3) is 0 Å². The molecule has 0 radical (unpaired) electrons. The first-order valence-electron chi connectivity index (χ1n) is 13.5. The van der Waals surface area contributed by atoms with E-state index in [0.717, 1.165) is 44.2 Å². The number of amides is 1. The minimum absolute atomic E-state index is 0.0822. The second-order valence-corrected chi connectivity index (χ2v) is 8.44. The van der Waals surface area contributed by atoms with E-state index in [0.29, 0.717) is 18.3 Å². The number of hydrogen-bond donors (Lipinski definition) is 0. The summed E-state index contributed by atoms with van der Waals surface area (Å²) < 4.78 is 0. The molecule has 0 saturated heterocycles. The molecule has 0 N–H and O–H groups in total. The Morgan fingerprint density at radius 2 is 1.58 bits per heavy atom. The quantitative estimate of drug-likeness (QED) is 0.227. The fraction of sp³-hybridized carbons (Fsp3) is 0.733. The SMILES string of the molecule is C/C=C\C=C/C1=C(C)C(C(C)CCN(C)C=O)(C(CC)CCC)CC1=O.CC.CC.CCC. The van der Waals surface area contributed by atoms with E-state index >= 15 is 0 Å². The molecule has 194 valence electrons. The van der Waals surface area contributed by atoms with Gasteiger partial charge in [-0.05, 0) is 38.5 Å². The van der Waals surface area contributed by atoms with Gasteiger partial charge >= 0.3 is 0 Å². The molecule has 3 atom stereocenters. The van der Waals surface area contributed by atoms with Crippen molar-refractivity contribution in [2.24, 2.45) is 17.3 Å². The molecule has 3 unspecified atom stereocenters. The van der Waals surface area contributed by atoms with Gasteiger partial charge in [0.15, 0.2) is 5.78 Å². The van der Waals surface area contributed by atoms with E-state index < -0.39 is 0 Å². The summed E-state index contributed by atoms with van der Waals surface area (Å²) >= 11 is 0. The van der Waals surface area contributed by atoms with Crippen LogP contribution >= 0.6 is 0 Å². The summed E-state index contributed by atoms with van der Waals surface area (Å²) in [5.74, 6) is 1.13. The lowest BCUT2D eigenvalue weighted by molar-refractivity contribution is -0.118. The van der Waals surface area contributed by atoms with Gasteiger partial charge in [0.05, 0.1) is 0 Å². The fourth-order valence-electron chi connectivity index (χ4n) is 4.71. The standard InChI is InChI=1S/C23H37NO2.C3H8.2C2H6/c1-7-10-11-13-21-19(5)23(16-22(21)26,20(9-3)12-8-2)18(4)14-15-24(6)17-25;1-3-2;2*1-2/h7,10-11,13,17-18,20H,8-9,12,14-16H2,1-6H3;3H2,1-2H3;2*1-2H3/b10-7-,13-11-;;;. The van der Waals surface area contributed by atoms with Crippen molar-refractivity contribution in [1.82, 2.24) is 4.90 Å². The Hall–Kier alpha value is -1.64. The second kappa shape index (κ2) is 22.2. The Bertz CT molecular complexity index is 588. The Morgan fingerprint density at radius 3 is 2.00 bits per heavy atom. The third-order valence-corrected chi connectivity index (χ3v) is 6.25.